The van der Waals surface area contributed by atoms with Gasteiger partial charge in [0.15, 0.2) is 0 Å². The summed E-state index contributed by atoms with van der Waals surface area (Å²) in [6, 6.07) is 2.54. The van der Waals surface area contributed by atoms with Gasteiger partial charge in [-0.1, -0.05) is 19.3 Å². The second-order valence-electron chi connectivity index (χ2n) is 5.71. The van der Waals surface area contributed by atoms with Crippen molar-refractivity contribution in [2.75, 3.05) is 38.3 Å². The summed E-state index contributed by atoms with van der Waals surface area (Å²) < 4.78 is 5.08. The van der Waals surface area contributed by atoms with Crippen LogP contribution in [-0.2, 0) is 0 Å². The fourth-order valence-electron chi connectivity index (χ4n) is 2.89. The van der Waals surface area contributed by atoms with Gasteiger partial charge in [-0.3, -0.25) is 0 Å². The molecule has 1 aromatic rings. The summed E-state index contributed by atoms with van der Waals surface area (Å²) in [4.78, 5) is 10.6. The van der Waals surface area contributed by atoms with Crippen LogP contribution < -0.4 is 15.8 Å². The molecule has 3 N–H and O–H groups in total. The molecule has 6 heteroatoms. The van der Waals surface area contributed by atoms with Crippen molar-refractivity contribution in [2.24, 2.45) is 0 Å². The first-order valence-corrected chi connectivity index (χ1v) is 7.81. The van der Waals surface area contributed by atoms with E-state index in [0.717, 1.165) is 31.4 Å². The number of nitrogen functional groups attached to an aromatic ring is 1. The number of methoxy groups -OCH3 is 1. The van der Waals surface area contributed by atoms with E-state index in [0.29, 0.717) is 5.88 Å². The van der Waals surface area contributed by atoms with Crippen LogP contribution in [0.15, 0.2) is 6.07 Å². The van der Waals surface area contributed by atoms with Crippen LogP contribution in [0.2, 0.25) is 0 Å². The van der Waals surface area contributed by atoms with Crippen LogP contribution in [0.3, 0.4) is 0 Å². The predicted molar refractivity (Wildman–Crippen MR) is 85.6 cm³/mol. The molecule has 0 amide bonds. The smallest absolute Gasteiger partial charge is 0.225 e. The minimum Gasteiger partial charge on any atom is -0.481 e. The maximum absolute atomic E-state index is 5.63. The standard InChI is InChI=1S/C15H27N5O/c1-20(12-7-4-3-5-8-12)10-6-9-17-13-11-14(21-2)19-15(16)18-13/h11-12H,3-10H2,1-2H3,(H3,16,17,18,19). The summed E-state index contributed by atoms with van der Waals surface area (Å²) in [5.74, 6) is 1.44. The van der Waals surface area contributed by atoms with E-state index in [1.165, 1.54) is 32.1 Å². The fraction of sp³-hybridized carbons (Fsp3) is 0.733. The summed E-state index contributed by atoms with van der Waals surface area (Å²) in [5, 5.41) is 3.28. The first kappa shape index (κ1) is 15.8. The van der Waals surface area contributed by atoms with Crippen LogP contribution >= 0.6 is 0 Å². The Balaban J connectivity index is 1.70. The Morgan fingerprint density at radius 3 is 2.81 bits per heavy atom. The van der Waals surface area contributed by atoms with Gasteiger partial charge in [0, 0.05) is 18.7 Å². The molecule has 0 atom stereocenters. The van der Waals surface area contributed by atoms with Crippen LogP contribution in [0.1, 0.15) is 38.5 Å². The number of nitrogens with zero attached hydrogens (tertiary/aromatic N) is 3. The third kappa shape index (κ3) is 5.04. The van der Waals surface area contributed by atoms with E-state index >= 15 is 0 Å². The van der Waals surface area contributed by atoms with Gasteiger partial charge in [0.05, 0.1) is 7.11 Å². The minimum absolute atomic E-state index is 0.233. The van der Waals surface area contributed by atoms with Gasteiger partial charge in [0.1, 0.15) is 5.82 Å². The normalized spacial score (nSPS) is 16.1. The van der Waals surface area contributed by atoms with Gasteiger partial charge < -0.3 is 20.7 Å². The molecule has 1 saturated carbocycles. The lowest BCUT2D eigenvalue weighted by atomic mass is 9.94. The minimum atomic E-state index is 0.233. The van der Waals surface area contributed by atoms with Crippen LogP contribution in [0, 0.1) is 0 Å². The highest BCUT2D eigenvalue weighted by molar-refractivity contribution is 5.42. The molecule has 0 bridgehead atoms. The molecule has 118 valence electrons. The number of hydrogen-bond donors (Lipinski definition) is 2. The highest BCUT2D eigenvalue weighted by Crippen LogP contribution is 2.21. The molecule has 21 heavy (non-hydrogen) atoms. The van der Waals surface area contributed by atoms with Gasteiger partial charge in [0.2, 0.25) is 11.8 Å². The summed E-state index contributed by atoms with van der Waals surface area (Å²) in [6.45, 7) is 1.98. The molecule has 6 nitrogen and oxygen atoms in total. The monoisotopic (exact) mass is 293 g/mol. The third-order valence-electron chi connectivity index (χ3n) is 4.12. The van der Waals surface area contributed by atoms with Crippen LogP contribution in [0.4, 0.5) is 11.8 Å². The van der Waals surface area contributed by atoms with E-state index in [9.17, 15) is 0 Å². The average Bonchev–Trinajstić information content (AvgIpc) is 2.51. The Bertz CT molecular complexity index is 434. The summed E-state index contributed by atoms with van der Waals surface area (Å²) in [5.41, 5.74) is 5.63. The zero-order chi connectivity index (χ0) is 15.1. The molecule has 1 fully saturated rings. The number of nitrogens with two attached hydrogens (primary N) is 1. The second kappa shape index (κ2) is 8.02. The predicted octanol–water partition coefficient (Wildman–Crippen LogP) is 2.13. The quantitative estimate of drug-likeness (QED) is 0.750. The highest BCUT2D eigenvalue weighted by atomic mass is 16.5. The van der Waals surface area contributed by atoms with Gasteiger partial charge in [0.25, 0.3) is 0 Å². The van der Waals surface area contributed by atoms with Gasteiger partial charge in [-0.2, -0.15) is 9.97 Å². The Hall–Kier alpha value is -1.56. The Morgan fingerprint density at radius 1 is 1.33 bits per heavy atom. The summed E-state index contributed by atoms with van der Waals surface area (Å²) in [7, 11) is 3.81. The number of nitrogens with one attached hydrogen (secondary N) is 1. The third-order valence-corrected chi connectivity index (χ3v) is 4.12. The average molecular weight is 293 g/mol. The first-order valence-electron chi connectivity index (χ1n) is 7.81. The largest absolute Gasteiger partial charge is 0.481 e. The van der Waals surface area contributed by atoms with Gasteiger partial charge in [-0.05, 0) is 32.9 Å². The molecule has 0 aliphatic heterocycles. The van der Waals surface area contributed by atoms with E-state index in [1.807, 2.05) is 0 Å². The van der Waals surface area contributed by atoms with Crippen molar-refractivity contribution < 1.29 is 4.74 Å². The van der Waals surface area contributed by atoms with Gasteiger partial charge in [-0.15, -0.1) is 0 Å². The van der Waals surface area contributed by atoms with Gasteiger partial charge in [-0.25, -0.2) is 0 Å². The molecule has 1 aliphatic rings. The van der Waals surface area contributed by atoms with Crippen molar-refractivity contribution in [2.45, 2.75) is 44.6 Å². The molecule has 0 saturated heterocycles. The number of anilines is 2. The Kier molecular flexibility index (Phi) is 6.04. The van der Waals surface area contributed by atoms with Gasteiger partial charge >= 0.3 is 0 Å². The first-order chi connectivity index (χ1) is 10.2. The lowest BCUT2D eigenvalue weighted by molar-refractivity contribution is 0.191. The lowest BCUT2D eigenvalue weighted by Crippen LogP contribution is -2.34. The van der Waals surface area contributed by atoms with Crippen molar-refractivity contribution >= 4 is 11.8 Å². The van der Waals surface area contributed by atoms with Crippen molar-refractivity contribution in [3.8, 4) is 5.88 Å². The summed E-state index contributed by atoms with van der Waals surface area (Å²) in [6.07, 6.45) is 7.95. The van der Waals surface area contributed by atoms with Crippen molar-refractivity contribution in [1.82, 2.24) is 14.9 Å². The van der Waals surface area contributed by atoms with E-state index in [2.05, 4.69) is 27.2 Å². The maximum Gasteiger partial charge on any atom is 0.225 e. The lowest BCUT2D eigenvalue weighted by Gasteiger charge is -2.31. The molecule has 1 aliphatic carbocycles. The molecule has 1 heterocycles. The SMILES string of the molecule is COc1cc(NCCCN(C)C2CCCCC2)nc(N)n1. The molecule has 1 aromatic heterocycles. The molecular formula is C15H27N5O. The number of hydrogen-bond acceptors (Lipinski definition) is 6. The van der Waals surface area contributed by atoms with Crippen molar-refractivity contribution in [3.05, 3.63) is 6.07 Å². The zero-order valence-electron chi connectivity index (χ0n) is 13.1. The fourth-order valence-corrected chi connectivity index (χ4v) is 2.89. The molecule has 0 unspecified atom stereocenters. The zero-order valence-corrected chi connectivity index (χ0v) is 13.1. The number of ether oxygens (including phenoxy) is 1. The Labute approximate surface area is 127 Å². The molecule has 0 radical (unpaired) electrons. The second-order valence-corrected chi connectivity index (χ2v) is 5.71. The van der Waals surface area contributed by atoms with Crippen LogP contribution in [-0.4, -0.2) is 48.2 Å². The molecule has 0 spiro atoms. The van der Waals surface area contributed by atoms with Crippen molar-refractivity contribution in [1.29, 1.82) is 0 Å². The Morgan fingerprint density at radius 2 is 2.10 bits per heavy atom. The van der Waals surface area contributed by atoms with E-state index < -0.39 is 0 Å². The highest BCUT2D eigenvalue weighted by Gasteiger charge is 2.17. The molecular weight excluding hydrogens is 266 g/mol. The summed E-state index contributed by atoms with van der Waals surface area (Å²) >= 11 is 0. The van der Waals surface area contributed by atoms with E-state index in [4.69, 9.17) is 10.5 Å². The van der Waals surface area contributed by atoms with E-state index in [-0.39, 0.29) is 5.95 Å². The maximum atomic E-state index is 5.63. The number of aromatic nitrogens is 2. The van der Waals surface area contributed by atoms with Crippen molar-refractivity contribution in [3.63, 3.8) is 0 Å². The van der Waals surface area contributed by atoms with Crippen LogP contribution in [0.5, 0.6) is 5.88 Å². The molecule has 2 rings (SSSR count). The number of rotatable bonds is 7. The van der Waals surface area contributed by atoms with E-state index in [1.54, 1.807) is 13.2 Å². The topological polar surface area (TPSA) is 76.3 Å². The van der Waals surface area contributed by atoms with Crippen LogP contribution in [0.25, 0.3) is 0 Å². The molecule has 0 aromatic carbocycles.